The van der Waals surface area contributed by atoms with Crippen molar-refractivity contribution < 1.29 is 22.8 Å². The van der Waals surface area contributed by atoms with Crippen molar-refractivity contribution in [2.24, 2.45) is 0 Å². The van der Waals surface area contributed by atoms with Crippen LogP contribution in [-0.2, 0) is 21.4 Å². The molecular weight excluding hydrogens is 251 g/mol. The first kappa shape index (κ1) is 13.6. The number of amides is 1. The zero-order valence-electron chi connectivity index (χ0n) is 8.68. The smallest absolute Gasteiger partial charge is 0.259 e. The molecule has 3 N–H and O–H groups in total. The first-order valence-corrected chi connectivity index (χ1v) is 6.23. The van der Waals surface area contributed by atoms with Gasteiger partial charge in [0, 0.05) is 6.54 Å². The fraction of sp³-hybridized carbons (Fsp3) is 0.222. The van der Waals surface area contributed by atoms with Crippen LogP contribution in [0.5, 0.6) is 0 Å². The predicted octanol–water partition coefficient (Wildman–Crippen LogP) is -0.250. The van der Waals surface area contributed by atoms with E-state index in [9.17, 15) is 17.6 Å². The van der Waals surface area contributed by atoms with Crippen LogP contribution in [0.3, 0.4) is 0 Å². The van der Waals surface area contributed by atoms with Crippen LogP contribution in [0.15, 0.2) is 24.3 Å². The minimum absolute atomic E-state index is 0.0542. The van der Waals surface area contributed by atoms with Crippen LogP contribution >= 0.6 is 0 Å². The molecule has 8 heteroatoms. The van der Waals surface area contributed by atoms with E-state index in [0.717, 1.165) is 0 Å². The SMILES string of the molecule is O=C(CS(=O)(=O)NCc1ccc(F)cc1)NO. The molecule has 0 saturated heterocycles. The Balaban J connectivity index is 2.55. The van der Waals surface area contributed by atoms with Crippen molar-refractivity contribution in [3.05, 3.63) is 35.6 Å². The largest absolute Gasteiger partial charge is 0.289 e. The highest BCUT2D eigenvalue weighted by atomic mass is 32.2. The highest BCUT2D eigenvalue weighted by Crippen LogP contribution is 2.02. The number of rotatable bonds is 5. The number of carbonyl (C=O) groups excluding carboxylic acids is 1. The lowest BCUT2D eigenvalue weighted by Gasteiger charge is -2.05. The lowest BCUT2D eigenvalue weighted by molar-refractivity contribution is -0.126. The van der Waals surface area contributed by atoms with E-state index in [1.807, 2.05) is 0 Å². The topological polar surface area (TPSA) is 95.5 Å². The van der Waals surface area contributed by atoms with Gasteiger partial charge in [0.05, 0.1) is 0 Å². The molecule has 1 rings (SSSR count). The number of hydrogen-bond donors (Lipinski definition) is 3. The average molecular weight is 262 g/mol. The van der Waals surface area contributed by atoms with Gasteiger partial charge >= 0.3 is 0 Å². The minimum Gasteiger partial charge on any atom is -0.289 e. The molecule has 0 radical (unpaired) electrons. The third-order valence-corrected chi connectivity index (χ3v) is 3.08. The zero-order valence-corrected chi connectivity index (χ0v) is 9.50. The van der Waals surface area contributed by atoms with Gasteiger partial charge in [-0.2, -0.15) is 0 Å². The number of hydrogen-bond acceptors (Lipinski definition) is 4. The molecule has 0 unspecified atom stereocenters. The summed E-state index contributed by atoms with van der Waals surface area (Å²) < 4.78 is 37.3. The minimum atomic E-state index is -3.82. The van der Waals surface area contributed by atoms with Crippen molar-refractivity contribution >= 4 is 15.9 Å². The molecule has 0 atom stereocenters. The Hall–Kier alpha value is -1.51. The van der Waals surface area contributed by atoms with Gasteiger partial charge in [0.25, 0.3) is 5.91 Å². The Bertz CT molecular complexity index is 486. The van der Waals surface area contributed by atoms with Gasteiger partial charge in [0.1, 0.15) is 11.6 Å². The van der Waals surface area contributed by atoms with Crippen molar-refractivity contribution in [2.75, 3.05) is 5.75 Å². The van der Waals surface area contributed by atoms with E-state index in [2.05, 4.69) is 4.72 Å². The van der Waals surface area contributed by atoms with Crippen molar-refractivity contribution in [2.45, 2.75) is 6.54 Å². The van der Waals surface area contributed by atoms with Crippen LogP contribution in [-0.4, -0.2) is 25.3 Å². The Kier molecular flexibility index (Phi) is 4.55. The van der Waals surface area contributed by atoms with E-state index < -0.39 is 27.5 Å². The van der Waals surface area contributed by atoms with Crippen molar-refractivity contribution in [3.8, 4) is 0 Å². The maximum Gasteiger partial charge on any atom is 0.259 e. The fourth-order valence-corrected chi connectivity index (χ4v) is 1.95. The molecule has 0 saturated carbocycles. The van der Waals surface area contributed by atoms with E-state index in [1.54, 1.807) is 0 Å². The molecule has 0 aliphatic heterocycles. The molecule has 17 heavy (non-hydrogen) atoms. The molecule has 0 aliphatic rings. The number of halogens is 1. The number of carbonyl (C=O) groups is 1. The maximum absolute atomic E-state index is 12.6. The Morgan fingerprint density at radius 3 is 2.41 bits per heavy atom. The summed E-state index contributed by atoms with van der Waals surface area (Å²) >= 11 is 0. The average Bonchev–Trinajstić information content (AvgIpc) is 2.28. The van der Waals surface area contributed by atoms with Crippen LogP contribution in [0.2, 0.25) is 0 Å². The summed E-state index contributed by atoms with van der Waals surface area (Å²) in [4.78, 5) is 10.7. The maximum atomic E-state index is 12.6. The van der Waals surface area contributed by atoms with E-state index in [-0.39, 0.29) is 6.54 Å². The molecule has 0 fully saturated rings. The van der Waals surface area contributed by atoms with Gasteiger partial charge in [-0.25, -0.2) is 23.0 Å². The predicted molar refractivity (Wildman–Crippen MR) is 57.0 cm³/mol. The highest BCUT2D eigenvalue weighted by molar-refractivity contribution is 7.90. The van der Waals surface area contributed by atoms with Crippen LogP contribution in [0.25, 0.3) is 0 Å². The second-order valence-corrected chi connectivity index (χ2v) is 5.05. The standard InChI is InChI=1S/C9H11FN2O4S/c10-8-3-1-7(2-4-8)5-11-17(15,16)6-9(13)12-14/h1-4,11,14H,5-6H2,(H,12,13). The van der Waals surface area contributed by atoms with Crippen molar-refractivity contribution in [1.82, 2.24) is 10.2 Å². The number of nitrogens with one attached hydrogen (secondary N) is 2. The first-order chi connectivity index (χ1) is 7.93. The molecule has 0 aromatic heterocycles. The van der Waals surface area contributed by atoms with Gasteiger partial charge in [-0.15, -0.1) is 0 Å². The van der Waals surface area contributed by atoms with Crippen LogP contribution in [0.4, 0.5) is 4.39 Å². The van der Waals surface area contributed by atoms with Crippen molar-refractivity contribution in [3.63, 3.8) is 0 Å². The summed E-state index contributed by atoms with van der Waals surface area (Å²) in [5.41, 5.74) is 1.77. The molecular formula is C9H11FN2O4S. The summed E-state index contributed by atoms with van der Waals surface area (Å²) in [6.45, 7) is -0.0542. The molecule has 6 nitrogen and oxygen atoms in total. The summed E-state index contributed by atoms with van der Waals surface area (Å²) in [7, 11) is -3.82. The summed E-state index contributed by atoms with van der Waals surface area (Å²) in [6, 6.07) is 5.24. The van der Waals surface area contributed by atoms with Gasteiger partial charge in [-0.3, -0.25) is 10.0 Å². The van der Waals surface area contributed by atoms with Gasteiger partial charge in [-0.1, -0.05) is 12.1 Å². The monoisotopic (exact) mass is 262 g/mol. The third kappa shape index (κ3) is 4.89. The first-order valence-electron chi connectivity index (χ1n) is 4.57. The molecule has 0 bridgehead atoms. The third-order valence-electron chi connectivity index (χ3n) is 1.86. The molecule has 0 spiro atoms. The van der Waals surface area contributed by atoms with E-state index in [1.165, 1.54) is 29.7 Å². The summed E-state index contributed by atoms with van der Waals surface area (Å²) in [5, 5.41) is 8.18. The second-order valence-electron chi connectivity index (χ2n) is 3.24. The molecule has 1 amide bonds. The van der Waals surface area contributed by atoms with E-state index in [4.69, 9.17) is 5.21 Å². The molecule has 0 aliphatic carbocycles. The number of hydroxylamine groups is 1. The van der Waals surface area contributed by atoms with Gasteiger partial charge in [-0.05, 0) is 17.7 Å². The van der Waals surface area contributed by atoms with Gasteiger partial charge in [0.15, 0.2) is 0 Å². The number of benzene rings is 1. The Labute approximate surface area is 97.5 Å². The lowest BCUT2D eigenvalue weighted by atomic mass is 10.2. The number of sulfonamides is 1. The van der Waals surface area contributed by atoms with Gasteiger partial charge < -0.3 is 0 Å². The Morgan fingerprint density at radius 2 is 1.88 bits per heavy atom. The highest BCUT2D eigenvalue weighted by Gasteiger charge is 2.15. The zero-order chi connectivity index (χ0) is 12.9. The van der Waals surface area contributed by atoms with Crippen molar-refractivity contribution in [1.29, 1.82) is 0 Å². The quantitative estimate of drug-likeness (QED) is 0.503. The normalized spacial score (nSPS) is 11.2. The molecule has 1 aromatic rings. The summed E-state index contributed by atoms with van der Waals surface area (Å²) in [5.74, 6) is -2.32. The molecule has 94 valence electrons. The van der Waals surface area contributed by atoms with E-state index >= 15 is 0 Å². The molecule has 0 heterocycles. The molecule has 1 aromatic carbocycles. The summed E-state index contributed by atoms with van der Waals surface area (Å²) in [6.07, 6.45) is 0. The second kappa shape index (κ2) is 5.71. The van der Waals surface area contributed by atoms with E-state index in [0.29, 0.717) is 5.56 Å². The van der Waals surface area contributed by atoms with Crippen LogP contribution in [0, 0.1) is 5.82 Å². The Morgan fingerprint density at radius 1 is 1.29 bits per heavy atom. The van der Waals surface area contributed by atoms with Crippen LogP contribution in [0.1, 0.15) is 5.56 Å². The fourth-order valence-electron chi connectivity index (χ4n) is 1.05. The van der Waals surface area contributed by atoms with Crippen LogP contribution < -0.4 is 10.2 Å². The lowest BCUT2D eigenvalue weighted by Crippen LogP contribution is -2.34. The van der Waals surface area contributed by atoms with Gasteiger partial charge in [0.2, 0.25) is 10.0 Å².